The van der Waals surface area contributed by atoms with Gasteiger partial charge < -0.3 is 10.4 Å². The quantitative estimate of drug-likeness (QED) is 0.590. The summed E-state index contributed by atoms with van der Waals surface area (Å²) in [6.45, 7) is 6.93. The van der Waals surface area contributed by atoms with E-state index in [1.165, 1.54) is 6.92 Å². The Labute approximate surface area is 118 Å². The van der Waals surface area contributed by atoms with Gasteiger partial charge in [0.2, 0.25) is 5.91 Å². The number of amides is 1. The molecule has 1 amide bonds. The van der Waals surface area contributed by atoms with Crippen molar-refractivity contribution < 1.29 is 19.5 Å². The lowest BCUT2D eigenvalue weighted by Gasteiger charge is -2.27. The zero-order valence-electron chi connectivity index (χ0n) is 11.9. The SMILES string of the molecule is C=C[C@@H]1C[C@H](C(=O)O)NC1[C@@H](NC(C)=O)C(=O)CCC. The number of carboxylic acids is 1. The molecular formula is C14H22N2O4. The van der Waals surface area contributed by atoms with Crippen LogP contribution in [0, 0.1) is 5.92 Å². The molecule has 1 rings (SSSR count). The van der Waals surface area contributed by atoms with Crippen LogP contribution in [0.5, 0.6) is 0 Å². The minimum Gasteiger partial charge on any atom is -0.480 e. The Morgan fingerprint density at radius 3 is 2.60 bits per heavy atom. The molecule has 1 unspecified atom stereocenters. The van der Waals surface area contributed by atoms with Crippen molar-refractivity contribution in [2.24, 2.45) is 5.92 Å². The van der Waals surface area contributed by atoms with Gasteiger partial charge in [-0.3, -0.25) is 19.7 Å². The average molecular weight is 282 g/mol. The van der Waals surface area contributed by atoms with Crippen LogP contribution in [0.4, 0.5) is 0 Å². The van der Waals surface area contributed by atoms with Crippen molar-refractivity contribution in [1.82, 2.24) is 10.6 Å². The molecule has 0 radical (unpaired) electrons. The van der Waals surface area contributed by atoms with E-state index in [1.807, 2.05) is 6.92 Å². The molecule has 0 bridgehead atoms. The molecule has 1 aliphatic heterocycles. The van der Waals surface area contributed by atoms with E-state index in [-0.39, 0.29) is 17.6 Å². The predicted octanol–water partition coefficient (Wildman–Crippen LogP) is 0.478. The van der Waals surface area contributed by atoms with Crippen LogP contribution < -0.4 is 10.6 Å². The molecule has 1 saturated heterocycles. The molecule has 0 aliphatic carbocycles. The fourth-order valence-corrected chi connectivity index (χ4v) is 2.59. The molecule has 1 aliphatic rings. The summed E-state index contributed by atoms with van der Waals surface area (Å²) in [7, 11) is 0. The first-order valence-electron chi connectivity index (χ1n) is 6.81. The topological polar surface area (TPSA) is 95.5 Å². The van der Waals surface area contributed by atoms with Gasteiger partial charge in [-0.05, 0) is 18.8 Å². The molecule has 112 valence electrons. The lowest BCUT2D eigenvalue weighted by molar-refractivity contribution is -0.139. The summed E-state index contributed by atoms with van der Waals surface area (Å²) in [5, 5.41) is 14.6. The molecule has 0 spiro atoms. The Kier molecular flexibility index (Phi) is 5.88. The van der Waals surface area contributed by atoms with Crippen LogP contribution in [0.3, 0.4) is 0 Å². The maximum absolute atomic E-state index is 12.2. The van der Waals surface area contributed by atoms with Crippen LogP contribution in [0.15, 0.2) is 12.7 Å². The first kappa shape index (κ1) is 16.4. The Bertz CT molecular complexity index is 408. The van der Waals surface area contributed by atoms with Crippen molar-refractivity contribution in [3.63, 3.8) is 0 Å². The minimum atomic E-state index is -0.955. The third-order valence-corrected chi connectivity index (χ3v) is 3.52. The predicted molar refractivity (Wildman–Crippen MR) is 74.2 cm³/mol. The van der Waals surface area contributed by atoms with E-state index in [4.69, 9.17) is 5.11 Å². The first-order valence-corrected chi connectivity index (χ1v) is 6.81. The second-order valence-corrected chi connectivity index (χ2v) is 5.11. The average Bonchev–Trinajstić information content (AvgIpc) is 2.79. The Morgan fingerprint density at radius 1 is 1.50 bits per heavy atom. The largest absolute Gasteiger partial charge is 0.480 e. The maximum atomic E-state index is 12.2. The standard InChI is InChI=1S/C14H22N2O4/c1-4-6-11(18)13(15-8(3)17)12-9(5-2)7-10(16-12)14(19)20/h5,9-10,12-13,16H,2,4,6-7H2,1,3H3,(H,15,17)(H,19,20)/t9-,10-,12?,13+/m1/s1. The minimum absolute atomic E-state index is 0.0851. The van der Waals surface area contributed by atoms with Gasteiger partial charge in [-0.25, -0.2) is 0 Å². The number of nitrogens with one attached hydrogen (secondary N) is 2. The Morgan fingerprint density at radius 2 is 2.15 bits per heavy atom. The molecule has 4 atom stereocenters. The van der Waals surface area contributed by atoms with Crippen LogP contribution in [-0.4, -0.2) is 40.9 Å². The second kappa shape index (κ2) is 7.19. The van der Waals surface area contributed by atoms with Gasteiger partial charge in [-0.15, -0.1) is 6.58 Å². The fourth-order valence-electron chi connectivity index (χ4n) is 2.59. The highest BCUT2D eigenvalue weighted by molar-refractivity contribution is 5.89. The fraction of sp³-hybridized carbons (Fsp3) is 0.643. The first-order chi connectivity index (χ1) is 9.40. The number of hydrogen-bond donors (Lipinski definition) is 3. The Balaban J connectivity index is 2.93. The van der Waals surface area contributed by atoms with Gasteiger partial charge in [0.25, 0.3) is 0 Å². The molecule has 0 aromatic carbocycles. The number of aliphatic carboxylic acids is 1. The number of carbonyl (C=O) groups is 3. The van der Waals surface area contributed by atoms with E-state index < -0.39 is 24.1 Å². The molecule has 1 heterocycles. The third-order valence-electron chi connectivity index (χ3n) is 3.52. The van der Waals surface area contributed by atoms with E-state index in [9.17, 15) is 14.4 Å². The van der Waals surface area contributed by atoms with Gasteiger partial charge in [-0.1, -0.05) is 13.0 Å². The van der Waals surface area contributed by atoms with E-state index in [0.29, 0.717) is 19.3 Å². The molecule has 6 heteroatoms. The summed E-state index contributed by atoms with van der Waals surface area (Å²) >= 11 is 0. The van der Waals surface area contributed by atoms with Crippen molar-refractivity contribution in [2.75, 3.05) is 0 Å². The molecule has 0 aromatic heterocycles. The molecule has 1 fully saturated rings. The highest BCUT2D eigenvalue weighted by atomic mass is 16.4. The molecule has 20 heavy (non-hydrogen) atoms. The molecular weight excluding hydrogens is 260 g/mol. The molecule has 3 N–H and O–H groups in total. The van der Waals surface area contributed by atoms with Crippen LogP contribution in [0.25, 0.3) is 0 Å². The van der Waals surface area contributed by atoms with Gasteiger partial charge in [0, 0.05) is 19.4 Å². The van der Waals surface area contributed by atoms with Crippen molar-refractivity contribution in [1.29, 1.82) is 0 Å². The summed E-state index contributed by atoms with van der Waals surface area (Å²) in [6, 6.07) is -1.84. The van der Waals surface area contributed by atoms with E-state index in [0.717, 1.165) is 0 Å². The monoisotopic (exact) mass is 282 g/mol. The van der Waals surface area contributed by atoms with Crippen LogP contribution in [0.2, 0.25) is 0 Å². The third kappa shape index (κ3) is 3.90. The summed E-state index contributed by atoms with van der Waals surface area (Å²) in [6.07, 6.45) is 3.06. The zero-order valence-corrected chi connectivity index (χ0v) is 11.9. The molecule has 0 saturated carbocycles. The summed E-state index contributed by atoms with van der Waals surface area (Å²) in [5.74, 6) is -1.50. The van der Waals surface area contributed by atoms with Crippen molar-refractivity contribution >= 4 is 17.7 Å². The van der Waals surface area contributed by atoms with E-state index >= 15 is 0 Å². The number of carbonyl (C=O) groups excluding carboxylic acids is 2. The number of carboxylic acid groups (broad SMARTS) is 1. The van der Waals surface area contributed by atoms with Gasteiger partial charge in [0.1, 0.15) is 12.1 Å². The van der Waals surface area contributed by atoms with Gasteiger partial charge in [0.15, 0.2) is 5.78 Å². The van der Waals surface area contributed by atoms with Gasteiger partial charge in [-0.2, -0.15) is 0 Å². The Hall–Kier alpha value is -1.69. The lowest BCUT2D eigenvalue weighted by atomic mass is 9.90. The van der Waals surface area contributed by atoms with Crippen molar-refractivity contribution in [3.05, 3.63) is 12.7 Å². The number of hydrogen-bond acceptors (Lipinski definition) is 4. The highest BCUT2D eigenvalue weighted by Gasteiger charge is 2.42. The van der Waals surface area contributed by atoms with E-state index in [2.05, 4.69) is 17.2 Å². The number of ketones is 1. The van der Waals surface area contributed by atoms with Crippen LogP contribution >= 0.6 is 0 Å². The molecule has 0 aromatic rings. The van der Waals surface area contributed by atoms with Gasteiger partial charge >= 0.3 is 5.97 Å². The maximum Gasteiger partial charge on any atom is 0.320 e. The van der Waals surface area contributed by atoms with Crippen molar-refractivity contribution in [3.8, 4) is 0 Å². The summed E-state index contributed by atoms with van der Waals surface area (Å²) < 4.78 is 0. The van der Waals surface area contributed by atoms with E-state index in [1.54, 1.807) is 6.08 Å². The molecule has 6 nitrogen and oxygen atoms in total. The summed E-state index contributed by atoms with van der Waals surface area (Å²) in [4.78, 5) is 34.5. The smallest absolute Gasteiger partial charge is 0.320 e. The number of rotatable bonds is 7. The van der Waals surface area contributed by atoms with Crippen LogP contribution in [0.1, 0.15) is 33.1 Å². The van der Waals surface area contributed by atoms with Gasteiger partial charge in [0.05, 0.1) is 0 Å². The zero-order chi connectivity index (χ0) is 15.3. The summed E-state index contributed by atoms with van der Waals surface area (Å²) in [5.41, 5.74) is 0. The number of Topliss-reactive ketones (excluding diaryl/α,β-unsaturated/α-hetero) is 1. The normalized spacial score (nSPS) is 26.8. The second-order valence-electron chi connectivity index (χ2n) is 5.11. The van der Waals surface area contributed by atoms with Crippen molar-refractivity contribution in [2.45, 2.75) is 51.2 Å². The lowest BCUT2D eigenvalue weighted by Crippen LogP contribution is -2.55. The van der Waals surface area contributed by atoms with Crippen LogP contribution in [-0.2, 0) is 14.4 Å². The highest BCUT2D eigenvalue weighted by Crippen LogP contribution is 2.25.